The molecule has 2 aromatic rings. The number of ether oxygens (including phenoxy) is 1. The van der Waals surface area contributed by atoms with Crippen LogP contribution in [0.4, 0.5) is 0 Å². The van der Waals surface area contributed by atoms with Crippen molar-refractivity contribution in [2.45, 2.75) is 13.0 Å². The molecular weight excluding hydrogens is 240 g/mol. The molecule has 0 spiro atoms. The van der Waals surface area contributed by atoms with Gasteiger partial charge in [0.2, 0.25) is 0 Å². The highest BCUT2D eigenvalue weighted by Crippen LogP contribution is 2.13. The van der Waals surface area contributed by atoms with Crippen LogP contribution >= 0.6 is 0 Å². The minimum Gasteiger partial charge on any atom is -0.379 e. The molecule has 0 unspecified atom stereocenters. The highest BCUT2D eigenvalue weighted by atomic mass is 16.5. The van der Waals surface area contributed by atoms with Gasteiger partial charge in [-0.15, -0.1) is 0 Å². The molecule has 0 aromatic carbocycles. The zero-order valence-electron chi connectivity index (χ0n) is 11.1. The Bertz CT molecular complexity index is 545. The molecule has 2 aromatic heterocycles. The van der Waals surface area contributed by atoms with Gasteiger partial charge in [0, 0.05) is 38.8 Å². The van der Waals surface area contributed by atoms with Crippen LogP contribution in [0.3, 0.4) is 0 Å². The van der Waals surface area contributed by atoms with Gasteiger partial charge in [-0.1, -0.05) is 6.07 Å². The Morgan fingerprint density at radius 2 is 2.16 bits per heavy atom. The van der Waals surface area contributed by atoms with Crippen LogP contribution in [0.15, 0.2) is 24.5 Å². The molecule has 1 aliphatic heterocycles. The van der Waals surface area contributed by atoms with E-state index in [1.807, 2.05) is 12.3 Å². The summed E-state index contributed by atoms with van der Waals surface area (Å²) in [4.78, 5) is 6.97. The number of nitrogens with zero attached hydrogens (tertiary/aromatic N) is 3. The molecule has 1 fully saturated rings. The van der Waals surface area contributed by atoms with Crippen LogP contribution < -0.4 is 5.73 Å². The fourth-order valence-electron chi connectivity index (χ4n) is 2.57. The van der Waals surface area contributed by atoms with E-state index < -0.39 is 0 Å². The van der Waals surface area contributed by atoms with Gasteiger partial charge < -0.3 is 14.9 Å². The van der Waals surface area contributed by atoms with Gasteiger partial charge in [-0.05, 0) is 11.6 Å². The van der Waals surface area contributed by atoms with Crippen molar-refractivity contribution in [3.63, 3.8) is 0 Å². The third kappa shape index (κ3) is 2.63. The summed E-state index contributed by atoms with van der Waals surface area (Å²) in [5, 5.41) is 0. The second kappa shape index (κ2) is 5.69. The molecule has 3 heterocycles. The second-order valence-electron chi connectivity index (χ2n) is 4.87. The summed E-state index contributed by atoms with van der Waals surface area (Å²) in [6.07, 6.45) is 4.95. The first-order valence-electron chi connectivity index (χ1n) is 6.82. The van der Waals surface area contributed by atoms with Crippen LogP contribution in [0.2, 0.25) is 0 Å². The van der Waals surface area contributed by atoms with Gasteiger partial charge in [0.05, 0.1) is 24.9 Å². The average Bonchev–Trinajstić information content (AvgIpc) is 2.89. The van der Waals surface area contributed by atoms with Crippen LogP contribution in [-0.2, 0) is 17.7 Å². The number of nitrogens with two attached hydrogens (primary N) is 1. The molecule has 5 nitrogen and oxygen atoms in total. The number of aromatic nitrogens is 2. The van der Waals surface area contributed by atoms with Crippen LogP contribution in [0.1, 0.15) is 11.4 Å². The first-order valence-corrected chi connectivity index (χ1v) is 6.82. The van der Waals surface area contributed by atoms with Crippen LogP contribution in [0.5, 0.6) is 0 Å². The van der Waals surface area contributed by atoms with E-state index >= 15 is 0 Å². The van der Waals surface area contributed by atoms with Crippen molar-refractivity contribution >= 4 is 5.52 Å². The Labute approximate surface area is 113 Å². The zero-order valence-corrected chi connectivity index (χ0v) is 11.1. The van der Waals surface area contributed by atoms with E-state index in [-0.39, 0.29) is 0 Å². The number of hydrogen-bond donors (Lipinski definition) is 1. The second-order valence-corrected chi connectivity index (χ2v) is 4.87. The van der Waals surface area contributed by atoms with Gasteiger partial charge in [0.25, 0.3) is 0 Å². The van der Waals surface area contributed by atoms with Crippen molar-refractivity contribution in [3.8, 4) is 0 Å². The standard InChI is InChI=1S/C14H20N4O/c15-10-12-2-1-4-18-13(12)11-16-14(18)3-5-17-6-8-19-9-7-17/h1-2,4,11H,3,5-10,15H2. The van der Waals surface area contributed by atoms with Crippen molar-refractivity contribution < 1.29 is 4.74 Å². The summed E-state index contributed by atoms with van der Waals surface area (Å²) in [5.41, 5.74) is 8.03. The predicted molar refractivity (Wildman–Crippen MR) is 74.0 cm³/mol. The maximum atomic E-state index is 5.75. The van der Waals surface area contributed by atoms with Gasteiger partial charge in [-0.3, -0.25) is 4.90 Å². The molecule has 0 aliphatic carbocycles. The molecule has 19 heavy (non-hydrogen) atoms. The lowest BCUT2D eigenvalue weighted by Gasteiger charge is -2.26. The molecule has 1 saturated heterocycles. The third-order valence-electron chi connectivity index (χ3n) is 3.71. The van der Waals surface area contributed by atoms with Crippen molar-refractivity contribution in [2.75, 3.05) is 32.8 Å². The average molecular weight is 260 g/mol. The Kier molecular flexibility index (Phi) is 3.77. The molecule has 2 N–H and O–H groups in total. The maximum Gasteiger partial charge on any atom is 0.114 e. The number of rotatable bonds is 4. The van der Waals surface area contributed by atoms with E-state index in [9.17, 15) is 0 Å². The first kappa shape index (κ1) is 12.6. The molecule has 102 valence electrons. The fourth-order valence-corrected chi connectivity index (χ4v) is 2.57. The first-order chi connectivity index (χ1) is 9.38. The summed E-state index contributed by atoms with van der Waals surface area (Å²) in [6, 6.07) is 4.10. The summed E-state index contributed by atoms with van der Waals surface area (Å²) < 4.78 is 7.52. The van der Waals surface area contributed by atoms with E-state index in [1.54, 1.807) is 0 Å². The lowest BCUT2D eigenvalue weighted by Crippen LogP contribution is -2.37. The summed E-state index contributed by atoms with van der Waals surface area (Å²) in [7, 11) is 0. The summed E-state index contributed by atoms with van der Waals surface area (Å²) >= 11 is 0. The molecule has 0 saturated carbocycles. The Balaban J connectivity index is 1.74. The van der Waals surface area contributed by atoms with Crippen LogP contribution in [-0.4, -0.2) is 47.1 Å². The van der Waals surface area contributed by atoms with E-state index in [2.05, 4.69) is 26.5 Å². The van der Waals surface area contributed by atoms with Gasteiger partial charge in [0.1, 0.15) is 5.82 Å². The number of imidazole rings is 1. The van der Waals surface area contributed by atoms with Crippen molar-refractivity contribution in [3.05, 3.63) is 35.9 Å². The number of morpholine rings is 1. The summed E-state index contributed by atoms with van der Waals surface area (Å²) in [5.74, 6) is 1.11. The van der Waals surface area contributed by atoms with Gasteiger partial charge in [0.15, 0.2) is 0 Å². The van der Waals surface area contributed by atoms with E-state index in [0.29, 0.717) is 6.54 Å². The molecular formula is C14H20N4O. The Morgan fingerprint density at radius 3 is 2.95 bits per heavy atom. The monoisotopic (exact) mass is 260 g/mol. The van der Waals surface area contributed by atoms with E-state index in [1.165, 1.54) is 0 Å². The highest BCUT2D eigenvalue weighted by Gasteiger charge is 2.12. The molecule has 1 aliphatic rings. The van der Waals surface area contributed by atoms with Crippen LogP contribution in [0, 0.1) is 0 Å². The molecule has 0 bridgehead atoms. The van der Waals surface area contributed by atoms with Crippen molar-refractivity contribution in [1.82, 2.24) is 14.3 Å². The largest absolute Gasteiger partial charge is 0.379 e. The number of hydrogen-bond acceptors (Lipinski definition) is 4. The molecule has 5 heteroatoms. The molecule has 3 rings (SSSR count). The van der Waals surface area contributed by atoms with Crippen LogP contribution in [0.25, 0.3) is 5.52 Å². The topological polar surface area (TPSA) is 55.8 Å². The minimum absolute atomic E-state index is 0.555. The lowest BCUT2D eigenvalue weighted by atomic mass is 10.2. The Morgan fingerprint density at radius 1 is 1.32 bits per heavy atom. The maximum absolute atomic E-state index is 5.75. The predicted octanol–water partition coefficient (Wildman–Crippen LogP) is 0.668. The van der Waals surface area contributed by atoms with Gasteiger partial charge in [-0.25, -0.2) is 4.98 Å². The zero-order chi connectivity index (χ0) is 13.1. The molecule has 0 atom stereocenters. The lowest BCUT2D eigenvalue weighted by molar-refractivity contribution is 0.0382. The smallest absolute Gasteiger partial charge is 0.114 e. The quantitative estimate of drug-likeness (QED) is 0.878. The van der Waals surface area contributed by atoms with E-state index in [4.69, 9.17) is 10.5 Å². The molecule has 0 amide bonds. The fraction of sp³-hybridized carbons (Fsp3) is 0.500. The van der Waals surface area contributed by atoms with E-state index in [0.717, 1.165) is 56.2 Å². The molecule has 0 radical (unpaired) electrons. The minimum atomic E-state index is 0.555. The van der Waals surface area contributed by atoms with Crippen molar-refractivity contribution in [2.24, 2.45) is 5.73 Å². The number of pyridine rings is 1. The SMILES string of the molecule is NCc1cccn2c(CCN3CCOCC3)ncc12. The third-order valence-corrected chi connectivity index (χ3v) is 3.71. The van der Waals surface area contributed by atoms with Gasteiger partial charge in [-0.2, -0.15) is 0 Å². The highest BCUT2D eigenvalue weighted by molar-refractivity contribution is 5.54. The summed E-state index contributed by atoms with van der Waals surface area (Å²) in [6.45, 7) is 5.34. The Hall–Kier alpha value is -1.43. The normalized spacial score (nSPS) is 17.1. The number of fused-ring (bicyclic) bond motifs is 1. The van der Waals surface area contributed by atoms with Gasteiger partial charge >= 0.3 is 0 Å². The van der Waals surface area contributed by atoms with Crippen molar-refractivity contribution in [1.29, 1.82) is 0 Å².